The number of nitrogens with zero attached hydrogens (tertiary/aromatic N) is 5. The van der Waals surface area contributed by atoms with E-state index in [4.69, 9.17) is 0 Å². The Kier molecular flexibility index (Phi) is 4.80. The molecule has 0 saturated carbocycles. The summed E-state index contributed by atoms with van der Waals surface area (Å²) in [6.45, 7) is 1.72. The van der Waals surface area contributed by atoms with Gasteiger partial charge >= 0.3 is 0 Å². The summed E-state index contributed by atoms with van der Waals surface area (Å²) in [6.07, 6.45) is 5.08. The molecule has 0 atom stereocenters. The molecule has 2 heterocycles. The van der Waals surface area contributed by atoms with Crippen molar-refractivity contribution in [1.82, 2.24) is 9.66 Å². The van der Waals surface area contributed by atoms with E-state index in [-0.39, 0.29) is 10.6 Å². The minimum absolute atomic E-state index is 0.0847. The van der Waals surface area contributed by atoms with Gasteiger partial charge in [-0.25, -0.2) is 4.68 Å². The molecule has 7 nitrogen and oxygen atoms in total. The molecule has 0 amide bonds. The van der Waals surface area contributed by atoms with Gasteiger partial charge in [0.15, 0.2) is 0 Å². The molecule has 0 unspecified atom stereocenters. The Bertz CT molecular complexity index is 1010. The zero-order valence-electron chi connectivity index (χ0n) is 13.7. The van der Waals surface area contributed by atoms with Crippen LogP contribution in [0.25, 0.3) is 11.3 Å². The fourth-order valence-electron chi connectivity index (χ4n) is 2.30. The van der Waals surface area contributed by atoms with Gasteiger partial charge in [0, 0.05) is 47.6 Å². The van der Waals surface area contributed by atoms with Crippen molar-refractivity contribution in [3.8, 4) is 11.3 Å². The lowest BCUT2D eigenvalue weighted by molar-refractivity contribution is -0.385. The van der Waals surface area contributed by atoms with E-state index in [0.29, 0.717) is 15.9 Å². The van der Waals surface area contributed by atoms with E-state index in [1.165, 1.54) is 11.3 Å². The predicted molar refractivity (Wildman–Crippen MR) is 97.9 cm³/mol. The van der Waals surface area contributed by atoms with Crippen molar-refractivity contribution in [3.05, 3.63) is 74.1 Å². The number of benzene rings is 1. The van der Waals surface area contributed by atoms with Crippen LogP contribution in [0.15, 0.2) is 58.2 Å². The van der Waals surface area contributed by atoms with Gasteiger partial charge in [-0.15, -0.1) is 11.3 Å². The number of hydrogen-bond donors (Lipinski definition) is 0. The van der Waals surface area contributed by atoms with Crippen molar-refractivity contribution in [2.45, 2.75) is 6.92 Å². The monoisotopic (exact) mass is 353 g/mol. The highest BCUT2D eigenvalue weighted by atomic mass is 32.1. The Labute approximate surface area is 147 Å². The minimum Gasteiger partial charge on any atom is -0.264 e. The van der Waals surface area contributed by atoms with E-state index in [9.17, 15) is 10.1 Å². The molecule has 0 saturated heterocycles. The second kappa shape index (κ2) is 7.18. The Morgan fingerprint density at radius 2 is 2.20 bits per heavy atom. The van der Waals surface area contributed by atoms with Crippen molar-refractivity contribution < 1.29 is 4.92 Å². The normalized spacial score (nSPS) is 12.0. The van der Waals surface area contributed by atoms with Gasteiger partial charge in [-0.2, -0.15) is 5.10 Å². The lowest BCUT2D eigenvalue weighted by Crippen LogP contribution is -2.11. The summed E-state index contributed by atoms with van der Waals surface area (Å²) in [4.78, 5) is 19.8. The van der Waals surface area contributed by atoms with Crippen LogP contribution in [-0.4, -0.2) is 27.8 Å². The molecule has 0 bridgehead atoms. The molecule has 126 valence electrons. The maximum absolute atomic E-state index is 11.2. The molecule has 0 radical (unpaired) electrons. The molecule has 0 spiro atoms. The summed E-state index contributed by atoms with van der Waals surface area (Å²) >= 11 is 1.42. The first-order valence-corrected chi connectivity index (χ1v) is 8.31. The number of aryl methyl sites for hydroxylation is 1. The molecule has 25 heavy (non-hydrogen) atoms. The highest BCUT2D eigenvalue weighted by Crippen LogP contribution is 2.27. The fraction of sp³-hybridized carbons (Fsp3) is 0.118. The number of nitro groups is 1. The Morgan fingerprint density at radius 1 is 1.36 bits per heavy atom. The molecular weight excluding hydrogens is 338 g/mol. The average molecular weight is 353 g/mol. The third-order valence-corrected chi connectivity index (χ3v) is 4.49. The van der Waals surface area contributed by atoms with Crippen LogP contribution in [-0.2, 0) is 0 Å². The maximum Gasteiger partial charge on any atom is 0.272 e. The first-order valence-electron chi connectivity index (χ1n) is 7.43. The Hall–Kier alpha value is -3.13. The van der Waals surface area contributed by atoms with Gasteiger partial charge in [0.1, 0.15) is 0 Å². The Balaban J connectivity index is 2.10. The van der Waals surface area contributed by atoms with Crippen LogP contribution >= 0.6 is 11.3 Å². The molecule has 0 aliphatic heterocycles. The van der Waals surface area contributed by atoms with Gasteiger partial charge in [0.25, 0.3) is 5.69 Å². The summed E-state index contributed by atoms with van der Waals surface area (Å²) in [5.41, 5.74) is 3.01. The zero-order valence-corrected chi connectivity index (χ0v) is 14.5. The molecule has 0 fully saturated rings. The van der Waals surface area contributed by atoms with Crippen molar-refractivity contribution in [2.75, 3.05) is 7.05 Å². The molecule has 0 aliphatic carbocycles. The highest BCUT2D eigenvalue weighted by molar-refractivity contribution is 7.07. The largest absolute Gasteiger partial charge is 0.272 e. The fourth-order valence-corrected chi connectivity index (χ4v) is 3.11. The van der Waals surface area contributed by atoms with Gasteiger partial charge < -0.3 is 0 Å². The molecule has 3 rings (SSSR count). The van der Waals surface area contributed by atoms with Gasteiger partial charge in [0.2, 0.25) is 4.80 Å². The second-order valence-corrected chi connectivity index (χ2v) is 6.06. The van der Waals surface area contributed by atoms with E-state index in [1.807, 2.05) is 23.6 Å². The molecule has 3 aromatic rings. The smallest absolute Gasteiger partial charge is 0.264 e. The summed E-state index contributed by atoms with van der Waals surface area (Å²) < 4.78 is 1.67. The molecule has 0 N–H and O–H groups in total. The van der Waals surface area contributed by atoms with Crippen LogP contribution in [0.1, 0.15) is 11.1 Å². The van der Waals surface area contributed by atoms with E-state index in [2.05, 4.69) is 15.1 Å². The van der Waals surface area contributed by atoms with Crippen molar-refractivity contribution in [1.29, 1.82) is 0 Å². The third kappa shape index (κ3) is 3.53. The van der Waals surface area contributed by atoms with Gasteiger partial charge in [-0.3, -0.25) is 20.1 Å². The summed E-state index contributed by atoms with van der Waals surface area (Å²) in [5, 5.41) is 17.6. The standard InChI is InChI=1S/C17H15N5O2S/c1-12-5-6-14(8-15(12)22(23)24)16-11-25-17(18-2)21(16)20-10-13-4-3-7-19-9-13/h3-11H,1-2H3/b18-17?,20-10-. The predicted octanol–water partition coefficient (Wildman–Crippen LogP) is 3.24. The lowest BCUT2D eigenvalue weighted by Gasteiger charge is -2.05. The van der Waals surface area contributed by atoms with Gasteiger partial charge in [0.05, 0.1) is 16.8 Å². The van der Waals surface area contributed by atoms with Crippen LogP contribution in [0.5, 0.6) is 0 Å². The molecular formula is C17H15N5O2S. The molecule has 8 heteroatoms. The van der Waals surface area contributed by atoms with Gasteiger partial charge in [-0.1, -0.05) is 18.2 Å². The topological polar surface area (TPSA) is 85.7 Å². The first kappa shape index (κ1) is 16.7. The van der Waals surface area contributed by atoms with Crippen LogP contribution < -0.4 is 4.80 Å². The quantitative estimate of drug-likeness (QED) is 0.410. The molecule has 2 aromatic heterocycles. The van der Waals surface area contributed by atoms with Crippen LogP contribution in [0.2, 0.25) is 0 Å². The van der Waals surface area contributed by atoms with Gasteiger partial charge in [-0.05, 0) is 13.0 Å². The van der Waals surface area contributed by atoms with E-state index in [0.717, 1.165) is 11.3 Å². The van der Waals surface area contributed by atoms with Crippen molar-refractivity contribution in [3.63, 3.8) is 0 Å². The number of rotatable bonds is 4. The first-order chi connectivity index (χ1) is 12.1. The third-order valence-electron chi connectivity index (χ3n) is 3.58. The highest BCUT2D eigenvalue weighted by Gasteiger charge is 2.14. The van der Waals surface area contributed by atoms with Crippen molar-refractivity contribution in [2.24, 2.45) is 10.1 Å². The maximum atomic E-state index is 11.2. The van der Waals surface area contributed by atoms with Crippen LogP contribution in [0.3, 0.4) is 0 Å². The lowest BCUT2D eigenvalue weighted by atomic mass is 10.1. The van der Waals surface area contributed by atoms with Crippen LogP contribution in [0.4, 0.5) is 5.69 Å². The van der Waals surface area contributed by atoms with E-state index >= 15 is 0 Å². The van der Waals surface area contributed by atoms with E-state index < -0.39 is 0 Å². The number of nitro benzene ring substituents is 1. The SMILES string of the molecule is CN=c1scc(-c2ccc(C)c([N+](=O)[O-])c2)n1/N=C\c1cccnc1. The summed E-state index contributed by atoms with van der Waals surface area (Å²) in [5.74, 6) is 0. The van der Waals surface area contributed by atoms with E-state index in [1.54, 1.807) is 49.4 Å². The number of thiazole rings is 1. The van der Waals surface area contributed by atoms with Crippen molar-refractivity contribution >= 4 is 23.2 Å². The van der Waals surface area contributed by atoms with Crippen LogP contribution in [0, 0.1) is 17.0 Å². The number of pyridine rings is 1. The summed E-state index contributed by atoms with van der Waals surface area (Å²) in [6, 6.07) is 8.87. The number of hydrogen-bond acceptors (Lipinski definition) is 6. The minimum atomic E-state index is -0.375. The second-order valence-electron chi connectivity index (χ2n) is 5.23. The molecule has 1 aromatic carbocycles. The number of aromatic nitrogens is 2. The summed E-state index contributed by atoms with van der Waals surface area (Å²) in [7, 11) is 1.68. The average Bonchev–Trinajstić information content (AvgIpc) is 3.04. The molecule has 0 aliphatic rings. The Morgan fingerprint density at radius 3 is 2.88 bits per heavy atom. The zero-order chi connectivity index (χ0) is 17.8.